The van der Waals surface area contributed by atoms with Crippen LogP contribution >= 0.6 is 11.3 Å². The molecular weight excluding hydrogens is 773 g/mol. The van der Waals surface area contributed by atoms with Crippen LogP contribution in [0.3, 0.4) is 0 Å². The summed E-state index contributed by atoms with van der Waals surface area (Å²) in [5.41, 5.74) is 13.1. The maximum Gasteiger partial charge on any atom is 0.164 e. The van der Waals surface area contributed by atoms with Crippen LogP contribution in [-0.2, 0) is 0 Å². The molecule has 0 bridgehead atoms. The van der Waals surface area contributed by atoms with Gasteiger partial charge in [0, 0.05) is 48.6 Å². The summed E-state index contributed by atoms with van der Waals surface area (Å²) in [5, 5.41) is 4.99. The Morgan fingerprint density at radius 1 is 0.323 bits per heavy atom. The third-order valence-electron chi connectivity index (χ3n) is 11.9. The topological polar surface area (TPSA) is 43.6 Å². The number of fused-ring (bicyclic) bond motifs is 7. The van der Waals surface area contributed by atoms with Gasteiger partial charge in [0.2, 0.25) is 0 Å². The van der Waals surface area contributed by atoms with Crippen molar-refractivity contribution in [2.75, 3.05) is 0 Å². The normalized spacial score (nSPS) is 11.5. The van der Waals surface area contributed by atoms with E-state index in [4.69, 9.17) is 15.0 Å². The lowest BCUT2D eigenvalue weighted by atomic mass is 9.90. The summed E-state index contributed by atoms with van der Waals surface area (Å²) in [6, 6.07) is 77.4. The van der Waals surface area contributed by atoms with E-state index in [0.717, 1.165) is 44.6 Å². The van der Waals surface area contributed by atoms with Gasteiger partial charge in [-0.3, -0.25) is 0 Å². The highest BCUT2D eigenvalue weighted by Crippen LogP contribution is 2.45. The van der Waals surface area contributed by atoms with Gasteiger partial charge in [-0.25, -0.2) is 15.0 Å². The largest absolute Gasteiger partial charge is 0.308 e. The highest BCUT2D eigenvalue weighted by molar-refractivity contribution is 7.26. The number of para-hydroxylation sites is 2. The zero-order chi connectivity index (χ0) is 41.0. The average molecular weight is 809 g/mol. The van der Waals surface area contributed by atoms with Crippen LogP contribution in [0.25, 0.3) is 115 Å². The molecule has 62 heavy (non-hydrogen) atoms. The van der Waals surface area contributed by atoms with Gasteiger partial charge in [-0.1, -0.05) is 182 Å². The van der Waals surface area contributed by atoms with Gasteiger partial charge in [0.1, 0.15) is 0 Å². The van der Waals surface area contributed by atoms with E-state index in [1.54, 1.807) is 0 Å². The second kappa shape index (κ2) is 14.9. The number of nitrogens with zero attached hydrogens (tertiary/aromatic N) is 4. The summed E-state index contributed by atoms with van der Waals surface area (Å²) in [6.45, 7) is 0. The van der Waals surface area contributed by atoms with Crippen molar-refractivity contribution >= 4 is 53.3 Å². The molecule has 0 fully saturated rings. The van der Waals surface area contributed by atoms with E-state index in [0.29, 0.717) is 17.5 Å². The van der Waals surface area contributed by atoms with Crippen LogP contribution in [0.4, 0.5) is 0 Å². The standard InChI is InChI=1S/C57H36N4S/c1-5-17-37(18-6-1)43-25-13-14-26-44(43)40-29-31-45(50(36-40)57-59-55(38-19-7-2-8-20-38)58-56(60-57)39-21-9-3-10-22-39)41-30-34-52-49(35-41)48-33-32-47-46-27-15-16-28-51(46)61(53(47)54(48)62-52)42-23-11-4-12-24-42/h1-36H. The van der Waals surface area contributed by atoms with Crippen molar-refractivity contribution in [3.05, 3.63) is 218 Å². The number of benzene rings is 9. The fourth-order valence-corrected chi connectivity index (χ4v) is 10.2. The van der Waals surface area contributed by atoms with Gasteiger partial charge in [-0.05, 0) is 69.8 Å². The van der Waals surface area contributed by atoms with Crippen molar-refractivity contribution in [3.63, 3.8) is 0 Å². The van der Waals surface area contributed by atoms with Crippen LogP contribution in [0.2, 0.25) is 0 Å². The molecule has 9 aromatic carbocycles. The molecule has 0 saturated carbocycles. The van der Waals surface area contributed by atoms with Crippen LogP contribution in [0.5, 0.6) is 0 Å². The summed E-state index contributed by atoms with van der Waals surface area (Å²) >= 11 is 1.86. The number of aromatic nitrogens is 4. The minimum atomic E-state index is 0.621. The molecule has 0 spiro atoms. The maximum atomic E-state index is 5.27. The predicted molar refractivity (Wildman–Crippen MR) is 260 cm³/mol. The molecule has 4 nitrogen and oxygen atoms in total. The van der Waals surface area contributed by atoms with Crippen LogP contribution in [0, 0.1) is 0 Å². The molecule has 0 N–H and O–H groups in total. The van der Waals surface area contributed by atoms with Gasteiger partial charge < -0.3 is 4.57 Å². The zero-order valence-corrected chi connectivity index (χ0v) is 34.3. The molecule has 0 amide bonds. The Balaban J connectivity index is 1.10. The number of hydrogen-bond donors (Lipinski definition) is 0. The predicted octanol–water partition coefficient (Wildman–Crippen LogP) is 15.3. The Kier molecular flexibility index (Phi) is 8.65. The maximum absolute atomic E-state index is 5.27. The average Bonchev–Trinajstić information content (AvgIpc) is 3.90. The van der Waals surface area contributed by atoms with Crippen molar-refractivity contribution < 1.29 is 0 Å². The summed E-state index contributed by atoms with van der Waals surface area (Å²) < 4.78 is 4.96. The van der Waals surface area contributed by atoms with Crippen LogP contribution in [0.15, 0.2) is 218 Å². The molecule has 12 aromatic rings. The van der Waals surface area contributed by atoms with E-state index in [-0.39, 0.29) is 0 Å². The molecule has 0 radical (unpaired) electrons. The molecule has 5 heteroatoms. The first kappa shape index (κ1) is 35.9. The van der Waals surface area contributed by atoms with E-state index in [9.17, 15) is 0 Å². The van der Waals surface area contributed by atoms with Gasteiger partial charge in [-0.15, -0.1) is 11.3 Å². The zero-order valence-electron chi connectivity index (χ0n) is 33.5. The summed E-state index contributed by atoms with van der Waals surface area (Å²) in [7, 11) is 0. The van der Waals surface area contributed by atoms with Crippen LogP contribution in [-0.4, -0.2) is 19.5 Å². The quantitative estimate of drug-likeness (QED) is 0.161. The van der Waals surface area contributed by atoms with Gasteiger partial charge in [0.05, 0.1) is 15.7 Å². The molecule has 0 aliphatic carbocycles. The summed E-state index contributed by atoms with van der Waals surface area (Å²) in [4.78, 5) is 15.6. The number of thiophene rings is 1. The van der Waals surface area contributed by atoms with E-state index >= 15 is 0 Å². The highest BCUT2D eigenvalue weighted by Gasteiger charge is 2.21. The number of rotatable bonds is 7. The van der Waals surface area contributed by atoms with Gasteiger partial charge in [0.15, 0.2) is 17.5 Å². The van der Waals surface area contributed by atoms with Crippen LogP contribution in [0.1, 0.15) is 0 Å². The molecule has 0 aliphatic rings. The second-order valence-corrected chi connectivity index (χ2v) is 16.6. The van der Waals surface area contributed by atoms with E-state index in [1.165, 1.54) is 53.1 Å². The lowest BCUT2D eigenvalue weighted by molar-refractivity contribution is 1.07. The lowest BCUT2D eigenvalue weighted by Crippen LogP contribution is -2.01. The van der Waals surface area contributed by atoms with E-state index < -0.39 is 0 Å². The molecular formula is C57H36N4S. The smallest absolute Gasteiger partial charge is 0.164 e. The number of hydrogen-bond acceptors (Lipinski definition) is 4. The SMILES string of the molecule is c1ccc(-c2nc(-c3ccccc3)nc(-c3cc(-c4ccccc4-c4ccccc4)ccc3-c3ccc4sc5c(ccc6c7ccccc7n(-c7ccccc7)c65)c4c3)n2)cc1. The monoisotopic (exact) mass is 808 g/mol. The summed E-state index contributed by atoms with van der Waals surface area (Å²) in [5.74, 6) is 1.89. The van der Waals surface area contributed by atoms with Gasteiger partial charge in [0.25, 0.3) is 0 Å². The Morgan fingerprint density at radius 2 is 0.839 bits per heavy atom. The fraction of sp³-hybridized carbons (Fsp3) is 0. The van der Waals surface area contributed by atoms with Crippen molar-refractivity contribution in [3.8, 4) is 73.2 Å². The third kappa shape index (κ3) is 6.09. The molecule has 3 heterocycles. The van der Waals surface area contributed by atoms with Crippen LogP contribution < -0.4 is 0 Å². The first-order valence-electron chi connectivity index (χ1n) is 20.9. The van der Waals surface area contributed by atoms with E-state index in [2.05, 4.69) is 187 Å². The lowest BCUT2D eigenvalue weighted by Gasteiger charge is -2.16. The van der Waals surface area contributed by atoms with Crippen molar-refractivity contribution in [1.82, 2.24) is 19.5 Å². The molecule has 0 atom stereocenters. The van der Waals surface area contributed by atoms with Gasteiger partial charge in [-0.2, -0.15) is 0 Å². The summed E-state index contributed by atoms with van der Waals surface area (Å²) in [6.07, 6.45) is 0. The second-order valence-electron chi connectivity index (χ2n) is 15.5. The van der Waals surface area contributed by atoms with Crippen molar-refractivity contribution in [1.29, 1.82) is 0 Å². The molecule has 0 unspecified atom stereocenters. The first-order valence-corrected chi connectivity index (χ1v) is 21.7. The fourth-order valence-electron chi connectivity index (χ4n) is 8.98. The Labute approximate surface area is 362 Å². The van der Waals surface area contributed by atoms with Crippen molar-refractivity contribution in [2.24, 2.45) is 0 Å². The Morgan fingerprint density at radius 3 is 1.53 bits per heavy atom. The molecule has 290 valence electrons. The Bertz CT molecular complexity index is 3560. The molecule has 12 rings (SSSR count). The first-order chi connectivity index (χ1) is 30.7. The highest BCUT2D eigenvalue weighted by atomic mass is 32.1. The molecule has 3 aromatic heterocycles. The van der Waals surface area contributed by atoms with Gasteiger partial charge >= 0.3 is 0 Å². The third-order valence-corrected chi connectivity index (χ3v) is 13.1. The minimum absolute atomic E-state index is 0.621. The molecule has 0 saturated heterocycles. The molecule has 0 aliphatic heterocycles. The Hall–Kier alpha value is -7.99. The van der Waals surface area contributed by atoms with Crippen molar-refractivity contribution in [2.45, 2.75) is 0 Å². The minimum Gasteiger partial charge on any atom is -0.308 e. The van der Waals surface area contributed by atoms with E-state index in [1.807, 2.05) is 47.7 Å².